The van der Waals surface area contributed by atoms with E-state index in [1.807, 2.05) is 0 Å². The third kappa shape index (κ3) is 2.60. The minimum atomic E-state index is -4.98. The number of hydrogen-bond donors (Lipinski definition) is 2. The van der Waals surface area contributed by atoms with Gasteiger partial charge < -0.3 is 10.8 Å². The van der Waals surface area contributed by atoms with Gasteiger partial charge in [0.2, 0.25) is 0 Å². The molecule has 0 unspecified atom stereocenters. The van der Waals surface area contributed by atoms with Crippen LogP contribution >= 0.6 is 0 Å². The zero-order valence-electron chi connectivity index (χ0n) is 7.92. The highest BCUT2D eigenvalue weighted by molar-refractivity contribution is 5.95. The fourth-order valence-electron chi connectivity index (χ4n) is 1.12. The van der Waals surface area contributed by atoms with Crippen molar-refractivity contribution >= 4 is 11.7 Å². The average Bonchev–Trinajstić information content (AvgIpc) is 2.13. The van der Waals surface area contributed by atoms with Crippen molar-refractivity contribution in [2.45, 2.75) is 12.6 Å². The summed E-state index contributed by atoms with van der Waals surface area (Å²) in [5.41, 5.74) is -0.174. The van der Waals surface area contributed by atoms with Gasteiger partial charge in [0.05, 0.1) is 5.69 Å². The van der Waals surface area contributed by atoms with Gasteiger partial charge in [0.25, 0.3) is 6.43 Å². The first-order valence-electron chi connectivity index (χ1n) is 4.03. The van der Waals surface area contributed by atoms with Gasteiger partial charge in [-0.25, -0.2) is 18.6 Å². The van der Waals surface area contributed by atoms with E-state index in [1.54, 1.807) is 0 Å². The number of halogens is 5. The van der Waals surface area contributed by atoms with Crippen LogP contribution in [-0.2, 0) is 6.18 Å². The largest absolute Gasteiger partial charge is 0.478 e. The monoisotopic (exact) mass is 256 g/mol. The first kappa shape index (κ1) is 13.1. The highest BCUT2D eigenvalue weighted by Crippen LogP contribution is 2.33. The number of nitrogens with zero attached hydrogens (tertiary/aromatic N) is 1. The van der Waals surface area contributed by atoms with Crippen LogP contribution in [0.15, 0.2) is 6.07 Å². The minimum absolute atomic E-state index is 0.204. The molecule has 0 aliphatic heterocycles. The van der Waals surface area contributed by atoms with E-state index in [0.717, 1.165) is 0 Å². The molecule has 0 bridgehead atoms. The van der Waals surface area contributed by atoms with E-state index >= 15 is 0 Å². The highest BCUT2D eigenvalue weighted by Gasteiger charge is 2.36. The summed E-state index contributed by atoms with van der Waals surface area (Å²) in [6.45, 7) is 0. The van der Waals surface area contributed by atoms with E-state index in [1.165, 1.54) is 0 Å². The van der Waals surface area contributed by atoms with Crippen LogP contribution in [0.4, 0.5) is 27.6 Å². The van der Waals surface area contributed by atoms with Gasteiger partial charge >= 0.3 is 12.1 Å². The van der Waals surface area contributed by atoms with Gasteiger partial charge in [0.15, 0.2) is 0 Å². The molecule has 1 heterocycles. The van der Waals surface area contributed by atoms with Crippen LogP contribution in [0.1, 0.15) is 28.2 Å². The van der Waals surface area contributed by atoms with Gasteiger partial charge in [-0.1, -0.05) is 0 Å². The predicted octanol–water partition coefficient (Wildman–Crippen LogP) is 2.32. The summed E-state index contributed by atoms with van der Waals surface area (Å²) in [7, 11) is 0. The molecule has 0 aliphatic rings. The number of carboxylic acid groups (broad SMARTS) is 1. The summed E-state index contributed by atoms with van der Waals surface area (Å²) in [4.78, 5) is 13.2. The lowest BCUT2D eigenvalue weighted by Crippen LogP contribution is -2.16. The molecule has 9 heteroatoms. The first-order valence-corrected chi connectivity index (χ1v) is 4.03. The third-order valence-corrected chi connectivity index (χ3v) is 1.79. The lowest BCUT2D eigenvalue weighted by molar-refractivity contribution is -0.141. The molecule has 0 amide bonds. The zero-order valence-corrected chi connectivity index (χ0v) is 7.92. The Kier molecular flexibility index (Phi) is 3.21. The fourth-order valence-corrected chi connectivity index (χ4v) is 1.12. The van der Waals surface area contributed by atoms with E-state index in [0.29, 0.717) is 0 Å². The quantitative estimate of drug-likeness (QED) is 0.796. The number of anilines is 1. The van der Waals surface area contributed by atoms with Gasteiger partial charge in [-0.2, -0.15) is 13.2 Å². The van der Waals surface area contributed by atoms with Crippen LogP contribution in [0.3, 0.4) is 0 Å². The second kappa shape index (κ2) is 4.15. The minimum Gasteiger partial charge on any atom is -0.478 e. The molecule has 1 rings (SSSR count). The Bertz CT molecular complexity index is 458. The number of hydrogen-bond acceptors (Lipinski definition) is 3. The van der Waals surface area contributed by atoms with E-state index in [4.69, 9.17) is 10.8 Å². The second-order valence-corrected chi connectivity index (χ2v) is 2.96. The lowest BCUT2D eigenvalue weighted by Gasteiger charge is -2.12. The molecule has 1 aromatic heterocycles. The number of nitrogen functional groups attached to an aromatic ring is 1. The molecule has 1 aromatic rings. The average molecular weight is 256 g/mol. The number of rotatable bonds is 2. The van der Waals surface area contributed by atoms with E-state index in [-0.39, 0.29) is 6.07 Å². The molecule has 0 aliphatic carbocycles. The van der Waals surface area contributed by atoms with Crippen molar-refractivity contribution in [3.05, 3.63) is 23.0 Å². The lowest BCUT2D eigenvalue weighted by atomic mass is 10.1. The summed E-state index contributed by atoms with van der Waals surface area (Å²) < 4.78 is 61.5. The van der Waals surface area contributed by atoms with E-state index in [9.17, 15) is 26.7 Å². The van der Waals surface area contributed by atoms with Crippen molar-refractivity contribution in [3.8, 4) is 0 Å². The van der Waals surface area contributed by atoms with E-state index < -0.39 is 41.2 Å². The predicted molar refractivity (Wildman–Crippen MR) is 45.6 cm³/mol. The normalized spacial score (nSPS) is 11.9. The molecular weight excluding hydrogens is 251 g/mol. The topological polar surface area (TPSA) is 76.2 Å². The Morgan fingerprint density at radius 1 is 1.41 bits per heavy atom. The maximum Gasteiger partial charge on any atom is 0.433 e. The Labute approximate surface area is 90.9 Å². The summed E-state index contributed by atoms with van der Waals surface area (Å²) in [5, 5.41) is 8.55. The third-order valence-electron chi connectivity index (χ3n) is 1.79. The number of aromatic carboxylic acids is 1. The molecule has 0 saturated heterocycles. The summed E-state index contributed by atoms with van der Waals surface area (Å²) in [6.07, 6.45) is -8.44. The van der Waals surface area contributed by atoms with Gasteiger partial charge in [-0.3, -0.25) is 0 Å². The number of carboxylic acids is 1. The molecule has 0 saturated carbocycles. The summed E-state index contributed by atoms with van der Waals surface area (Å²) in [5.74, 6) is -1.86. The summed E-state index contributed by atoms with van der Waals surface area (Å²) >= 11 is 0. The molecular formula is C8H5F5N2O2. The second-order valence-electron chi connectivity index (χ2n) is 2.96. The molecule has 0 fully saturated rings. The van der Waals surface area contributed by atoms with Crippen molar-refractivity contribution < 1.29 is 31.9 Å². The number of nitrogens with two attached hydrogens (primary N) is 1. The first-order chi connectivity index (χ1) is 7.64. The van der Waals surface area contributed by atoms with Crippen molar-refractivity contribution in [1.82, 2.24) is 4.98 Å². The molecule has 0 aromatic carbocycles. The van der Waals surface area contributed by atoms with Crippen molar-refractivity contribution in [2.24, 2.45) is 0 Å². The number of aromatic nitrogens is 1. The van der Waals surface area contributed by atoms with Crippen LogP contribution < -0.4 is 5.73 Å². The van der Waals surface area contributed by atoms with Gasteiger partial charge in [-0.05, 0) is 6.07 Å². The van der Waals surface area contributed by atoms with Gasteiger partial charge in [0.1, 0.15) is 17.0 Å². The number of carbonyl (C=O) groups is 1. The Hall–Kier alpha value is -1.93. The van der Waals surface area contributed by atoms with Crippen molar-refractivity contribution in [3.63, 3.8) is 0 Å². The van der Waals surface area contributed by atoms with Crippen LogP contribution in [0, 0.1) is 0 Å². The van der Waals surface area contributed by atoms with Crippen molar-refractivity contribution in [2.75, 3.05) is 5.73 Å². The van der Waals surface area contributed by atoms with Crippen LogP contribution in [-0.4, -0.2) is 16.1 Å². The Balaban J connectivity index is 3.52. The molecule has 4 nitrogen and oxygen atoms in total. The Morgan fingerprint density at radius 2 is 1.94 bits per heavy atom. The number of pyridine rings is 1. The van der Waals surface area contributed by atoms with Crippen LogP contribution in [0.5, 0.6) is 0 Å². The molecule has 0 spiro atoms. The molecule has 17 heavy (non-hydrogen) atoms. The SMILES string of the molecule is Nc1cc(C(F)(F)F)nc(C(F)F)c1C(=O)O. The molecule has 0 atom stereocenters. The highest BCUT2D eigenvalue weighted by atomic mass is 19.4. The number of alkyl halides is 5. The maximum absolute atomic E-state index is 12.4. The molecule has 94 valence electrons. The van der Waals surface area contributed by atoms with Crippen LogP contribution in [0.25, 0.3) is 0 Å². The smallest absolute Gasteiger partial charge is 0.433 e. The van der Waals surface area contributed by atoms with Gasteiger partial charge in [-0.15, -0.1) is 0 Å². The Morgan fingerprint density at radius 3 is 2.29 bits per heavy atom. The summed E-state index contributed by atoms with van der Waals surface area (Å²) in [6, 6.07) is 0.204. The van der Waals surface area contributed by atoms with Gasteiger partial charge in [0, 0.05) is 0 Å². The standard InChI is InChI=1S/C8H5F5N2O2/c9-6(10)5-4(7(16)17)2(14)1-3(15-5)8(11,12)13/h1,6H,(H2,14,15)(H,16,17). The van der Waals surface area contributed by atoms with Crippen molar-refractivity contribution in [1.29, 1.82) is 0 Å². The van der Waals surface area contributed by atoms with E-state index in [2.05, 4.69) is 4.98 Å². The van der Waals surface area contributed by atoms with Crippen LogP contribution in [0.2, 0.25) is 0 Å². The molecule has 0 radical (unpaired) electrons. The zero-order chi connectivity index (χ0) is 13.4. The fraction of sp³-hybridized carbons (Fsp3) is 0.250. The maximum atomic E-state index is 12.4. The molecule has 3 N–H and O–H groups in total.